The maximum atomic E-state index is 12.0. The molecule has 1 aliphatic heterocycles. The molecule has 2 aliphatic carbocycles. The van der Waals surface area contributed by atoms with E-state index >= 15 is 0 Å². The molecule has 82 valence electrons. The van der Waals surface area contributed by atoms with Crippen molar-refractivity contribution in [3.63, 3.8) is 0 Å². The van der Waals surface area contributed by atoms with E-state index in [2.05, 4.69) is 0 Å². The molecule has 0 bridgehead atoms. The van der Waals surface area contributed by atoms with E-state index < -0.39 is 5.41 Å². The summed E-state index contributed by atoms with van der Waals surface area (Å²) in [5, 5.41) is 0. The summed E-state index contributed by atoms with van der Waals surface area (Å²) >= 11 is 0. The number of carbonyl (C=O) groups is 2. The Hall–Kier alpha value is -0.700. The van der Waals surface area contributed by atoms with Crippen LogP contribution in [0.15, 0.2) is 0 Å². The van der Waals surface area contributed by atoms with Crippen molar-refractivity contribution in [3.8, 4) is 0 Å². The summed E-state index contributed by atoms with van der Waals surface area (Å²) in [5.41, 5.74) is -0.777. The van der Waals surface area contributed by atoms with Crippen molar-refractivity contribution in [2.45, 2.75) is 45.8 Å². The fraction of sp³-hybridized carbons (Fsp3) is 0.833. The van der Waals surface area contributed by atoms with Gasteiger partial charge in [0.05, 0.1) is 5.41 Å². The van der Waals surface area contributed by atoms with E-state index in [0.717, 1.165) is 6.42 Å². The van der Waals surface area contributed by atoms with E-state index in [1.54, 1.807) is 0 Å². The van der Waals surface area contributed by atoms with Gasteiger partial charge in [0.2, 0.25) is 0 Å². The second-order valence-corrected chi connectivity index (χ2v) is 5.86. The molecule has 0 aromatic carbocycles. The molecule has 2 saturated carbocycles. The number of epoxide rings is 1. The highest BCUT2D eigenvalue weighted by Crippen LogP contribution is 2.62. The molecule has 0 N–H and O–H groups in total. The zero-order valence-corrected chi connectivity index (χ0v) is 9.37. The van der Waals surface area contributed by atoms with Crippen molar-refractivity contribution in [2.75, 3.05) is 0 Å². The van der Waals surface area contributed by atoms with E-state index in [4.69, 9.17) is 4.74 Å². The molecular formula is C12H16O3. The Morgan fingerprint density at radius 1 is 1.27 bits per heavy atom. The first kappa shape index (κ1) is 9.52. The van der Waals surface area contributed by atoms with Crippen LogP contribution in [0.4, 0.5) is 0 Å². The zero-order chi connectivity index (χ0) is 11.0. The lowest BCUT2D eigenvalue weighted by Crippen LogP contribution is -2.52. The molecule has 4 atom stereocenters. The third-order valence-corrected chi connectivity index (χ3v) is 4.83. The Morgan fingerprint density at radius 2 is 1.93 bits per heavy atom. The van der Waals surface area contributed by atoms with E-state index in [9.17, 15) is 9.59 Å². The highest BCUT2D eigenvalue weighted by atomic mass is 16.6. The van der Waals surface area contributed by atoms with Gasteiger partial charge in [-0.05, 0) is 19.3 Å². The largest absolute Gasteiger partial charge is 0.360 e. The lowest BCUT2D eigenvalue weighted by molar-refractivity contribution is -0.139. The van der Waals surface area contributed by atoms with Crippen molar-refractivity contribution in [2.24, 2.45) is 16.7 Å². The maximum Gasteiger partial charge on any atom is 0.170 e. The number of ether oxygens (including phenoxy) is 1. The molecule has 3 rings (SSSR count). The summed E-state index contributed by atoms with van der Waals surface area (Å²) in [6.07, 6.45) is 1.06. The molecule has 3 nitrogen and oxygen atoms in total. The van der Waals surface area contributed by atoms with Gasteiger partial charge in [-0.1, -0.05) is 13.8 Å². The van der Waals surface area contributed by atoms with Gasteiger partial charge in [0.15, 0.2) is 5.78 Å². The molecule has 0 aromatic heterocycles. The molecule has 15 heavy (non-hydrogen) atoms. The minimum Gasteiger partial charge on any atom is -0.360 e. The molecule has 0 aromatic rings. The molecule has 3 fully saturated rings. The van der Waals surface area contributed by atoms with Crippen LogP contribution < -0.4 is 0 Å². The molecule has 1 saturated heterocycles. The molecule has 0 amide bonds. The summed E-state index contributed by atoms with van der Waals surface area (Å²) in [4.78, 5) is 24.0. The molecule has 0 unspecified atom stereocenters. The van der Waals surface area contributed by atoms with Gasteiger partial charge in [-0.3, -0.25) is 9.59 Å². The first-order valence-corrected chi connectivity index (χ1v) is 5.63. The summed E-state index contributed by atoms with van der Waals surface area (Å²) in [7, 11) is 0. The fourth-order valence-corrected chi connectivity index (χ4v) is 3.81. The van der Waals surface area contributed by atoms with Gasteiger partial charge in [-0.15, -0.1) is 0 Å². The third-order valence-electron chi connectivity index (χ3n) is 4.83. The van der Waals surface area contributed by atoms with Crippen LogP contribution in [0, 0.1) is 16.7 Å². The molecule has 3 heteroatoms. The predicted molar refractivity (Wildman–Crippen MR) is 53.3 cm³/mol. The molecule has 1 heterocycles. The van der Waals surface area contributed by atoms with Crippen LogP contribution in [-0.4, -0.2) is 23.8 Å². The van der Waals surface area contributed by atoms with Gasteiger partial charge in [0, 0.05) is 11.8 Å². The Balaban J connectivity index is 2.11. The van der Waals surface area contributed by atoms with Crippen molar-refractivity contribution in [1.82, 2.24) is 0 Å². The van der Waals surface area contributed by atoms with Gasteiger partial charge in [0.1, 0.15) is 18.0 Å². The third kappa shape index (κ3) is 0.865. The molecular weight excluding hydrogens is 192 g/mol. The number of rotatable bonds is 0. The Kier molecular flexibility index (Phi) is 1.49. The smallest absolute Gasteiger partial charge is 0.170 e. The van der Waals surface area contributed by atoms with Crippen molar-refractivity contribution in [1.29, 1.82) is 0 Å². The van der Waals surface area contributed by atoms with Gasteiger partial charge in [-0.25, -0.2) is 0 Å². The minimum absolute atomic E-state index is 0.113. The normalized spacial score (nSPS) is 51.3. The number of Topliss-reactive ketones (excluding diaryl/α,β-unsaturated/α-hetero) is 2. The number of hydrogen-bond donors (Lipinski definition) is 0. The number of hydrogen-bond acceptors (Lipinski definition) is 3. The quantitative estimate of drug-likeness (QED) is 0.564. The maximum absolute atomic E-state index is 12.0. The van der Waals surface area contributed by atoms with E-state index in [1.165, 1.54) is 0 Å². The fourth-order valence-electron chi connectivity index (χ4n) is 3.81. The van der Waals surface area contributed by atoms with Crippen molar-refractivity contribution >= 4 is 11.6 Å². The Morgan fingerprint density at radius 3 is 2.60 bits per heavy atom. The molecule has 0 radical (unpaired) electrons. The monoisotopic (exact) mass is 208 g/mol. The second-order valence-electron chi connectivity index (χ2n) is 5.86. The zero-order valence-electron chi connectivity index (χ0n) is 9.37. The summed E-state index contributed by atoms with van der Waals surface area (Å²) in [6, 6.07) is 0. The molecule has 0 spiro atoms. The standard InChI is InChI=1S/C12H16O3/c1-11(2)6-4-5-7(13)12(6,3)10-8(15-10)9(11)14/h6,8,10H,4-5H2,1-3H3/t6-,8+,10+,12+/m1/s1. The predicted octanol–water partition coefficient (Wildman–Crippen LogP) is 1.35. The van der Waals surface area contributed by atoms with Crippen LogP contribution in [-0.2, 0) is 14.3 Å². The Labute approximate surface area is 89.2 Å². The van der Waals surface area contributed by atoms with Gasteiger partial charge in [-0.2, -0.15) is 0 Å². The average Bonchev–Trinajstić information content (AvgIpc) is 2.89. The van der Waals surface area contributed by atoms with E-state index in [0.29, 0.717) is 12.2 Å². The highest BCUT2D eigenvalue weighted by Gasteiger charge is 2.72. The van der Waals surface area contributed by atoms with Crippen LogP contribution in [0.1, 0.15) is 33.6 Å². The van der Waals surface area contributed by atoms with E-state index in [1.807, 2.05) is 20.8 Å². The van der Waals surface area contributed by atoms with E-state index in [-0.39, 0.29) is 29.3 Å². The first-order chi connectivity index (χ1) is 6.90. The van der Waals surface area contributed by atoms with Gasteiger partial charge >= 0.3 is 0 Å². The molecule has 3 aliphatic rings. The Bertz CT molecular complexity index is 371. The SMILES string of the molecule is CC1(C)C(=O)[C@@H]2O[C@@H]2[C@]2(C)C(=O)CC[C@H]12. The lowest BCUT2D eigenvalue weighted by Gasteiger charge is -2.42. The summed E-state index contributed by atoms with van der Waals surface area (Å²) < 4.78 is 5.44. The van der Waals surface area contributed by atoms with Crippen LogP contribution in [0.5, 0.6) is 0 Å². The van der Waals surface area contributed by atoms with Crippen LogP contribution in [0.25, 0.3) is 0 Å². The minimum atomic E-state index is -0.390. The van der Waals surface area contributed by atoms with Crippen LogP contribution >= 0.6 is 0 Å². The van der Waals surface area contributed by atoms with Gasteiger partial charge < -0.3 is 4.74 Å². The van der Waals surface area contributed by atoms with Crippen molar-refractivity contribution < 1.29 is 14.3 Å². The lowest BCUT2D eigenvalue weighted by atomic mass is 9.57. The summed E-state index contributed by atoms with van der Waals surface area (Å²) in [5.74, 6) is 0.666. The topological polar surface area (TPSA) is 46.7 Å². The number of fused-ring (bicyclic) bond motifs is 3. The van der Waals surface area contributed by atoms with Crippen LogP contribution in [0.2, 0.25) is 0 Å². The number of ketones is 2. The van der Waals surface area contributed by atoms with Crippen molar-refractivity contribution in [3.05, 3.63) is 0 Å². The average molecular weight is 208 g/mol. The summed E-state index contributed by atoms with van der Waals surface area (Å²) in [6.45, 7) is 5.93. The second kappa shape index (κ2) is 2.34. The van der Waals surface area contributed by atoms with Crippen LogP contribution in [0.3, 0.4) is 0 Å². The first-order valence-electron chi connectivity index (χ1n) is 5.63. The highest BCUT2D eigenvalue weighted by molar-refractivity contribution is 5.99. The number of carbonyl (C=O) groups excluding carboxylic acids is 2. The van der Waals surface area contributed by atoms with Gasteiger partial charge in [0.25, 0.3) is 0 Å².